The zero-order valence-corrected chi connectivity index (χ0v) is 9.02. The molecule has 2 rings (SSSR count). The fraction of sp³-hybridized carbons (Fsp3) is 0. The number of rotatable bonds is 1. The van der Waals surface area contributed by atoms with Crippen LogP contribution in [-0.2, 0) is 17.1 Å². The van der Waals surface area contributed by atoms with Crippen molar-refractivity contribution in [3.63, 3.8) is 0 Å². The largest absolute Gasteiger partial charge is 0.399 e. The predicted octanol–water partition coefficient (Wildman–Crippen LogP) is 2.52. The summed E-state index contributed by atoms with van der Waals surface area (Å²) in [4.78, 5) is 0. The van der Waals surface area contributed by atoms with Crippen molar-refractivity contribution in [1.29, 1.82) is 0 Å². The molecule has 0 saturated carbocycles. The Morgan fingerprint density at radius 1 is 0.533 bits per heavy atom. The molecule has 0 atom stereocenters. The maximum atomic E-state index is 5.61. The molecule has 0 spiro atoms. The van der Waals surface area contributed by atoms with Gasteiger partial charge in [-0.1, -0.05) is 24.3 Å². The van der Waals surface area contributed by atoms with Crippen LogP contribution in [0.1, 0.15) is 0 Å². The molecule has 0 aromatic heterocycles. The molecule has 0 amide bonds. The van der Waals surface area contributed by atoms with Crippen molar-refractivity contribution in [3.8, 4) is 11.1 Å². The summed E-state index contributed by atoms with van der Waals surface area (Å²) in [5, 5.41) is 0. The van der Waals surface area contributed by atoms with E-state index in [1.807, 2.05) is 48.5 Å². The van der Waals surface area contributed by atoms with E-state index in [1.165, 1.54) is 0 Å². The molecule has 0 aliphatic carbocycles. The van der Waals surface area contributed by atoms with Gasteiger partial charge in [0.2, 0.25) is 0 Å². The van der Waals surface area contributed by atoms with Crippen LogP contribution in [-0.4, -0.2) is 0 Å². The quantitative estimate of drug-likeness (QED) is 0.601. The number of benzene rings is 2. The van der Waals surface area contributed by atoms with E-state index < -0.39 is 0 Å². The van der Waals surface area contributed by atoms with Gasteiger partial charge >= 0.3 is 0 Å². The second-order valence-corrected chi connectivity index (χ2v) is 3.24. The summed E-state index contributed by atoms with van der Waals surface area (Å²) in [7, 11) is 0. The standard InChI is InChI=1S/C12H12N2.Cu/c13-11-5-1-9(2-6-11)10-3-7-12(14)8-4-10;/h1-8H,13-14H2;. The Bertz CT molecular complexity index is 377. The first-order valence-corrected chi connectivity index (χ1v) is 4.47. The molecule has 0 saturated heterocycles. The first-order valence-electron chi connectivity index (χ1n) is 4.47. The maximum absolute atomic E-state index is 5.61. The van der Waals surface area contributed by atoms with Crippen LogP contribution in [0.25, 0.3) is 11.1 Å². The van der Waals surface area contributed by atoms with Gasteiger partial charge in [0.05, 0.1) is 0 Å². The fourth-order valence-corrected chi connectivity index (χ4v) is 1.35. The fourth-order valence-electron chi connectivity index (χ4n) is 1.35. The second-order valence-electron chi connectivity index (χ2n) is 3.24. The number of hydrogen-bond donors (Lipinski definition) is 2. The third-order valence-electron chi connectivity index (χ3n) is 2.15. The molecule has 0 aliphatic heterocycles. The Labute approximate surface area is 99.8 Å². The molecule has 2 aromatic carbocycles. The second kappa shape index (κ2) is 4.87. The van der Waals surface area contributed by atoms with Gasteiger partial charge in [-0.15, -0.1) is 0 Å². The number of nitrogens with two attached hydrogens (primary N) is 2. The van der Waals surface area contributed by atoms with Gasteiger partial charge < -0.3 is 11.5 Å². The Balaban J connectivity index is 0.00000112. The van der Waals surface area contributed by atoms with Crippen LogP contribution in [0.4, 0.5) is 11.4 Å². The van der Waals surface area contributed by atoms with Gasteiger partial charge in [-0.2, -0.15) is 0 Å². The van der Waals surface area contributed by atoms with Gasteiger partial charge in [-0.25, -0.2) is 0 Å². The molecule has 0 heterocycles. The van der Waals surface area contributed by atoms with Crippen molar-refractivity contribution in [1.82, 2.24) is 0 Å². The van der Waals surface area contributed by atoms with Crippen LogP contribution in [0.3, 0.4) is 0 Å². The van der Waals surface area contributed by atoms with Crippen molar-refractivity contribution in [2.75, 3.05) is 11.5 Å². The van der Waals surface area contributed by atoms with Gasteiger partial charge in [-0.05, 0) is 35.4 Å². The predicted molar refractivity (Wildman–Crippen MR) is 60.7 cm³/mol. The summed E-state index contributed by atoms with van der Waals surface area (Å²) in [6.07, 6.45) is 0. The van der Waals surface area contributed by atoms with Crippen molar-refractivity contribution in [2.45, 2.75) is 0 Å². The van der Waals surface area contributed by atoms with Gasteiger partial charge in [0.15, 0.2) is 0 Å². The van der Waals surface area contributed by atoms with Crippen LogP contribution in [0.5, 0.6) is 0 Å². The molecule has 3 heteroatoms. The summed E-state index contributed by atoms with van der Waals surface area (Å²) in [5.41, 5.74) is 15.1. The summed E-state index contributed by atoms with van der Waals surface area (Å²) in [5.74, 6) is 0. The Hall–Kier alpha value is -1.44. The summed E-state index contributed by atoms with van der Waals surface area (Å²) >= 11 is 0. The number of nitrogen functional groups attached to an aromatic ring is 2. The van der Waals surface area contributed by atoms with E-state index in [0.29, 0.717) is 0 Å². The van der Waals surface area contributed by atoms with Crippen LogP contribution < -0.4 is 11.5 Å². The molecule has 81 valence electrons. The van der Waals surface area contributed by atoms with Crippen LogP contribution in [0.15, 0.2) is 48.5 Å². The molecule has 2 nitrogen and oxygen atoms in total. The van der Waals surface area contributed by atoms with E-state index in [-0.39, 0.29) is 17.1 Å². The van der Waals surface area contributed by atoms with E-state index in [1.54, 1.807) is 0 Å². The number of anilines is 2. The van der Waals surface area contributed by atoms with E-state index >= 15 is 0 Å². The summed E-state index contributed by atoms with van der Waals surface area (Å²) < 4.78 is 0. The molecule has 0 unspecified atom stereocenters. The molecule has 2 aromatic rings. The van der Waals surface area contributed by atoms with E-state index in [9.17, 15) is 0 Å². The molecule has 4 N–H and O–H groups in total. The van der Waals surface area contributed by atoms with E-state index in [4.69, 9.17) is 11.5 Å². The molecule has 15 heavy (non-hydrogen) atoms. The summed E-state index contributed by atoms with van der Waals surface area (Å²) in [6, 6.07) is 15.6. The normalized spacial score (nSPS) is 9.33. The first-order chi connectivity index (χ1) is 6.75. The minimum Gasteiger partial charge on any atom is -0.399 e. The Kier molecular flexibility index (Phi) is 3.78. The van der Waals surface area contributed by atoms with Gasteiger partial charge in [0.1, 0.15) is 0 Å². The Morgan fingerprint density at radius 2 is 0.800 bits per heavy atom. The molecule has 1 radical (unpaired) electrons. The van der Waals surface area contributed by atoms with Gasteiger partial charge in [0, 0.05) is 28.4 Å². The van der Waals surface area contributed by atoms with Crippen molar-refractivity contribution < 1.29 is 17.1 Å². The minimum atomic E-state index is 0. The van der Waals surface area contributed by atoms with Crippen molar-refractivity contribution in [3.05, 3.63) is 48.5 Å². The first kappa shape index (κ1) is 11.6. The molecule has 0 fully saturated rings. The third-order valence-corrected chi connectivity index (χ3v) is 2.15. The average molecular weight is 248 g/mol. The average Bonchev–Trinajstić information content (AvgIpc) is 2.21. The summed E-state index contributed by atoms with van der Waals surface area (Å²) in [6.45, 7) is 0. The molecular formula is C12H12CuN2. The van der Waals surface area contributed by atoms with Crippen molar-refractivity contribution >= 4 is 11.4 Å². The zero-order valence-electron chi connectivity index (χ0n) is 8.08. The van der Waals surface area contributed by atoms with E-state index in [0.717, 1.165) is 22.5 Å². The number of hydrogen-bond acceptors (Lipinski definition) is 2. The SMILES string of the molecule is Nc1ccc(-c2ccc(N)cc2)cc1.[Cu]. The monoisotopic (exact) mass is 247 g/mol. The van der Waals surface area contributed by atoms with Crippen LogP contribution in [0, 0.1) is 0 Å². The van der Waals surface area contributed by atoms with Crippen LogP contribution >= 0.6 is 0 Å². The zero-order chi connectivity index (χ0) is 9.97. The van der Waals surface area contributed by atoms with Gasteiger partial charge in [0.25, 0.3) is 0 Å². The molecule has 0 bridgehead atoms. The van der Waals surface area contributed by atoms with Gasteiger partial charge in [-0.3, -0.25) is 0 Å². The van der Waals surface area contributed by atoms with E-state index in [2.05, 4.69) is 0 Å². The molecular weight excluding hydrogens is 236 g/mol. The minimum absolute atomic E-state index is 0. The van der Waals surface area contributed by atoms with Crippen molar-refractivity contribution in [2.24, 2.45) is 0 Å². The van der Waals surface area contributed by atoms with Crippen LogP contribution in [0.2, 0.25) is 0 Å². The smallest absolute Gasteiger partial charge is 0.0314 e. The Morgan fingerprint density at radius 3 is 1.07 bits per heavy atom. The maximum Gasteiger partial charge on any atom is 0.0314 e. The topological polar surface area (TPSA) is 52.0 Å². The third kappa shape index (κ3) is 2.75. The molecule has 0 aliphatic rings.